The van der Waals surface area contributed by atoms with E-state index in [1.54, 1.807) is 93.0 Å². The van der Waals surface area contributed by atoms with E-state index in [1.165, 1.54) is 53.7 Å². The number of hydrogen-bond donors (Lipinski definition) is 18. The molecule has 2 fully saturated rings. The fourth-order valence-corrected chi connectivity index (χ4v) is 17.2. The molecular weight excluding hydrogens is 1760 g/mol. The molecule has 21 N–H and O–H groups in total. The largest absolute Gasteiger partial charge is 0.394 e. The number of amides is 16. The molecule has 5 heterocycles. The van der Waals surface area contributed by atoms with Crippen molar-refractivity contribution in [1.29, 1.82) is 5.41 Å². The van der Waals surface area contributed by atoms with E-state index >= 15 is 24.0 Å². The number of aromatic nitrogens is 4. The Hall–Kier alpha value is -13.0. The molecule has 3 aromatic heterocycles. The number of para-hydroxylation sites is 2. The summed E-state index contributed by atoms with van der Waals surface area (Å²) in [6.45, 7) is 6.04. The van der Waals surface area contributed by atoms with Gasteiger partial charge in [-0.1, -0.05) is 120 Å². The molecule has 3 aromatic carbocycles. The molecular formula is C90H126ClN23O18S. The SMILES string of the molecule is CCCC[C@H]1C(=O)N(C)[C@@H](CCCC)C(=O)N[C@@H](CCCNC(=N)N)C(=O)N[C@H](C(=O)NCC(N)=O)CSCC(=O)N[C@@H](Cc2ccccc2Cl)C(=O)N(C)[C@@H](C)C(=O)N[C@@H](CC(N)=O)C(=O)N2CCC[C@H]2C(=O)N[C@@H](Cc2cnc[nH]2)C(=O)N[C@@H](CC(C)C)C(=O)N(C)CC(=O)C[C@@H](Cc2c[nH]c3ccccc23)C(=O)N[C@@H](CO)C(=O)N[C@@H](Cc2c[nH]c3ccccc23)C(=O)N1C. The number of ketones is 1. The van der Waals surface area contributed by atoms with Crippen LogP contribution in [0, 0.1) is 17.2 Å². The predicted molar refractivity (Wildman–Crippen MR) is 496 cm³/mol. The first-order chi connectivity index (χ1) is 63.3. The number of halogens is 1. The van der Waals surface area contributed by atoms with Crippen molar-refractivity contribution < 1.29 is 86.6 Å². The number of Topliss-reactive ketones (excluding diaryl/α,β-unsaturated/α-hetero) is 1. The number of benzene rings is 3. The van der Waals surface area contributed by atoms with Crippen molar-refractivity contribution in [2.45, 2.75) is 216 Å². The second-order valence-corrected chi connectivity index (χ2v) is 35.5. The molecule has 2 aliphatic rings. The molecule has 2 aliphatic heterocycles. The van der Waals surface area contributed by atoms with Crippen LogP contribution in [0.3, 0.4) is 0 Å². The molecule has 0 aliphatic carbocycles. The van der Waals surface area contributed by atoms with Gasteiger partial charge in [0.05, 0.1) is 38.2 Å². The highest BCUT2D eigenvalue weighted by Gasteiger charge is 2.44. The normalized spacial score (nSPS) is 23.5. The molecule has 0 saturated carbocycles. The second kappa shape index (κ2) is 51.1. The van der Waals surface area contributed by atoms with E-state index in [4.69, 9.17) is 34.2 Å². The summed E-state index contributed by atoms with van der Waals surface area (Å²) in [4.78, 5) is 268. The van der Waals surface area contributed by atoms with Gasteiger partial charge in [-0.3, -0.25) is 86.9 Å². The van der Waals surface area contributed by atoms with Crippen LogP contribution < -0.4 is 70.4 Å². The van der Waals surface area contributed by atoms with Gasteiger partial charge in [0, 0.05) is 130 Å². The lowest BCUT2D eigenvalue weighted by Crippen LogP contribution is -2.61. The Morgan fingerprint density at radius 2 is 1.14 bits per heavy atom. The average Bonchev–Trinajstić information content (AvgIpc) is 0.859. The van der Waals surface area contributed by atoms with Gasteiger partial charge >= 0.3 is 0 Å². The number of thioether (sulfide) groups is 1. The minimum atomic E-state index is -1.81. The highest BCUT2D eigenvalue weighted by molar-refractivity contribution is 8.00. The van der Waals surface area contributed by atoms with Gasteiger partial charge in [0.1, 0.15) is 72.5 Å². The van der Waals surface area contributed by atoms with Crippen molar-refractivity contribution in [3.05, 3.63) is 125 Å². The van der Waals surface area contributed by atoms with Crippen LogP contribution in [0.4, 0.5) is 0 Å². The number of primary amides is 2. The highest BCUT2D eigenvalue weighted by atomic mass is 35.5. The summed E-state index contributed by atoms with van der Waals surface area (Å²) in [6, 6.07) is 2.40. The maximum Gasteiger partial charge on any atom is 0.246 e. The summed E-state index contributed by atoms with van der Waals surface area (Å²) in [6.07, 6.45) is 5.46. The van der Waals surface area contributed by atoms with Crippen LogP contribution in [0.15, 0.2) is 97.7 Å². The predicted octanol–water partition coefficient (Wildman–Crippen LogP) is -0.394. The van der Waals surface area contributed by atoms with Crippen molar-refractivity contribution in [2.75, 3.05) is 72.5 Å². The Kier molecular flexibility index (Phi) is 40.5. The van der Waals surface area contributed by atoms with Gasteiger partial charge in [0.15, 0.2) is 11.7 Å². The summed E-state index contributed by atoms with van der Waals surface area (Å²) < 4.78 is 0. The zero-order valence-corrected chi connectivity index (χ0v) is 78.0. The van der Waals surface area contributed by atoms with Crippen LogP contribution >= 0.6 is 23.4 Å². The molecule has 0 bridgehead atoms. The van der Waals surface area contributed by atoms with Gasteiger partial charge in [0.25, 0.3) is 0 Å². The van der Waals surface area contributed by atoms with Gasteiger partial charge in [-0.15, -0.1) is 11.8 Å². The van der Waals surface area contributed by atoms with Gasteiger partial charge in [-0.2, -0.15) is 0 Å². The number of rotatable bonds is 26. The summed E-state index contributed by atoms with van der Waals surface area (Å²) in [5, 5.41) is 47.0. The van der Waals surface area contributed by atoms with Gasteiger partial charge < -0.3 is 115 Å². The van der Waals surface area contributed by atoms with Crippen molar-refractivity contribution in [3.8, 4) is 0 Å². The first-order valence-electron chi connectivity index (χ1n) is 44.5. The van der Waals surface area contributed by atoms with Crippen LogP contribution in [-0.2, 0) is 107 Å². The molecule has 6 aromatic rings. The lowest BCUT2D eigenvalue weighted by atomic mass is 9.92. The standard InChI is InChI=1S/C90H126ClN23O18S/c1-10-12-29-71-83(126)103-63(28-20-32-97-90(94)95)80(123)109-70(79(122)100-44-75(93)118)47-133-48-76(119)102-66(37-52-22-14-17-25-60(52)91)86(129)111(7)51(5)77(120)105-68(40-74(92)117)88(131)114-33-21-31-72(114)84(127)104-64(39-56-43-96-49-101-56)81(124)106-65(34-50(3)4)85(128)110(6)45-57(116)36-53(35-54-41-98-61-26-18-15-23-58(54)61)78(121)108-69(46-115)82(125)107-67(38-55-42-99-62-27-19-16-24-59(55)62)87(130)113(9)73(30-13-11-2)89(132)112(71)8/h14-19,22-27,41-43,49-51,53,63-73,98-99,115H,10-13,20-21,28-40,44-48H2,1-9H3,(H2,92,117)(H2,93,118)(H,96,101)(H,100,122)(H,102,119)(H,103,126)(H,104,127)(H,105,120)(H,106,124)(H,107,125)(H,108,121)(H,109,123)(H4,94,95,97)/t51-,53+,63-,64-,65-,66-,67-,68-,69-,70-,71-,72-,73-/m0/s1. The topological polar surface area (TPSA) is 609 Å². The number of H-pyrrole nitrogens is 3. The van der Waals surface area contributed by atoms with Crippen LogP contribution in [0.25, 0.3) is 21.8 Å². The van der Waals surface area contributed by atoms with E-state index in [1.807, 2.05) is 13.8 Å². The van der Waals surface area contributed by atoms with Crippen molar-refractivity contribution in [2.24, 2.45) is 29.0 Å². The number of aliphatic hydroxyl groups excluding tert-OH is 1. The summed E-state index contributed by atoms with van der Waals surface area (Å²) in [5.74, 6) is -18.2. The van der Waals surface area contributed by atoms with E-state index in [9.17, 15) is 62.6 Å². The molecule has 16 amide bonds. The van der Waals surface area contributed by atoms with Crippen LogP contribution in [0.5, 0.6) is 0 Å². The minimum Gasteiger partial charge on any atom is -0.394 e. The molecule has 0 unspecified atom stereocenters. The maximum atomic E-state index is 15.7. The first kappa shape index (κ1) is 105. The maximum absolute atomic E-state index is 15.7. The lowest BCUT2D eigenvalue weighted by molar-refractivity contribution is -0.149. The van der Waals surface area contributed by atoms with Crippen LogP contribution in [0.2, 0.25) is 5.02 Å². The summed E-state index contributed by atoms with van der Waals surface area (Å²) in [7, 11) is 5.27. The first-order valence-corrected chi connectivity index (χ1v) is 46.1. The fourth-order valence-electron chi connectivity index (χ4n) is 16.1. The van der Waals surface area contributed by atoms with Crippen LogP contribution in [-0.4, -0.2) is 301 Å². The Morgan fingerprint density at radius 1 is 0.571 bits per heavy atom. The zero-order chi connectivity index (χ0) is 97.4. The van der Waals surface area contributed by atoms with Crippen molar-refractivity contribution in [1.82, 2.24) is 97.6 Å². The molecule has 43 heteroatoms. The number of aromatic amines is 3. The van der Waals surface area contributed by atoms with Crippen molar-refractivity contribution in [3.63, 3.8) is 0 Å². The van der Waals surface area contributed by atoms with Crippen LogP contribution in [0.1, 0.15) is 140 Å². The third-order valence-electron chi connectivity index (χ3n) is 23.5. The number of nitrogens with two attached hydrogens (primary N) is 3. The molecule has 0 radical (unpaired) electrons. The van der Waals surface area contributed by atoms with E-state index in [0.717, 1.165) is 36.3 Å². The number of carbonyl (C=O) groups is 17. The number of fused-ring (bicyclic) bond motifs is 3. The number of nitrogens with one attached hydrogen (secondary N) is 14. The Bertz CT molecular complexity index is 5130. The average molecular weight is 1890 g/mol. The smallest absolute Gasteiger partial charge is 0.246 e. The summed E-state index contributed by atoms with van der Waals surface area (Å²) >= 11 is 7.42. The number of likely N-dealkylation sites (N-methyl/N-ethyl adjacent to an activating group) is 4. The fraction of sp³-hybridized carbons (Fsp3) is 0.522. The zero-order valence-electron chi connectivity index (χ0n) is 76.4. The number of unbranched alkanes of at least 4 members (excludes halogenated alkanes) is 2. The third kappa shape index (κ3) is 30.5. The number of nitrogens with zero attached hydrogens (tertiary/aromatic N) is 6. The lowest BCUT2D eigenvalue weighted by Gasteiger charge is -2.36. The Balaban J connectivity index is 1.19. The minimum absolute atomic E-state index is 0.00379. The van der Waals surface area contributed by atoms with Gasteiger partial charge in [-0.05, 0) is 99.1 Å². The third-order valence-corrected chi connectivity index (χ3v) is 24.9. The van der Waals surface area contributed by atoms with E-state index < -0.39 is 229 Å². The van der Waals surface area contributed by atoms with E-state index in [2.05, 4.69) is 73.1 Å². The number of aliphatic hydroxyl groups is 1. The van der Waals surface area contributed by atoms with Gasteiger partial charge in [-0.25, -0.2) is 4.98 Å². The Labute approximate surface area is 779 Å². The molecule has 133 heavy (non-hydrogen) atoms. The molecule has 8 rings (SSSR count). The molecule has 13 atom stereocenters. The van der Waals surface area contributed by atoms with Gasteiger partial charge in [0.2, 0.25) is 94.5 Å². The summed E-state index contributed by atoms with van der Waals surface area (Å²) in [5.41, 5.74) is 20.0. The number of hydrogen-bond acceptors (Lipinski definition) is 21. The number of imidazole rings is 1. The Morgan fingerprint density at radius 3 is 1.75 bits per heavy atom. The molecule has 0 spiro atoms. The monoisotopic (exact) mass is 1880 g/mol. The molecule has 722 valence electrons. The molecule has 41 nitrogen and oxygen atoms in total. The van der Waals surface area contributed by atoms with Crippen molar-refractivity contribution >= 4 is 151 Å². The van der Waals surface area contributed by atoms with E-state index in [-0.39, 0.29) is 94.7 Å². The quantitative estimate of drug-likeness (QED) is 0.0187. The number of carbonyl (C=O) groups excluding carboxylic acids is 17. The van der Waals surface area contributed by atoms with E-state index in [0.29, 0.717) is 69.9 Å². The second-order valence-electron chi connectivity index (χ2n) is 34.1. The number of guanidine groups is 1. The molecule has 2 saturated heterocycles. The highest BCUT2D eigenvalue weighted by Crippen LogP contribution is 2.28.